The highest BCUT2D eigenvalue weighted by Crippen LogP contribution is 2.30. The van der Waals surface area contributed by atoms with Gasteiger partial charge in [-0.25, -0.2) is 14.3 Å². The van der Waals surface area contributed by atoms with E-state index in [9.17, 15) is 18.0 Å². The lowest BCUT2D eigenvalue weighted by atomic mass is 10.2. The van der Waals surface area contributed by atoms with Crippen molar-refractivity contribution in [2.24, 2.45) is 0 Å². The average Bonchev–Trinajstić information content (AvgIpc) is 2.54. The van der Waals surface area contributed by atoms with Crippen LogP contribution in [0, 0.1) is 6.92 Å². The first-order valence-corrected chi connectivity index (χ1v) is 6.93. The van der Waals surface area contributed by atoms with Crippen LogP contribution in [0.2, 0.25) is 0 Å². The molecule has 124 valence electrons. The Morgan fingerprint density at radius 3 is 2.46 bits per heavy atom. The molecule has 0 radical (unpaired) electrons. The lowest BCUT2D eigenvalue weighted by molar-refractivity contribution is -0.141. The van der Waals surface area contributed by atoms with E-state index in [0.717, 1.165) is 10.6 Å². The van der Waals surface area contributed by atoms with Crippen molar-refractivity contribution in [3.05, 3.63) is 52.3 Å². The van der Waals surface area contributed by atoms with Gasteiger partial charge in [0, 0.05) is 12.7 Å². The van der Waals surface area contributed by atoms with E-state index in [1.807, 2.05) is 0 Å². The Hall–Kier alpha value is -2.97. The largest absolute Gasteiger partial charge is 0.433 e. The summed E-state index contributed by atoms with van der Waals surface area (Å²) >= 11 is 0. The second kappa shape index (κ2) is 5.59. The highest BCUT2D eigenvalue weighted by Gasteiger charge is 2.33. The van der Waals surface area contributed by atoms with E-state index >= 15 is 0 Å². The molecule has 1 N–H and O–H groups in total. The van der Waals surface area contributed by atoms with Gasteiger partial charge in [-0.3, -0.25) is 4.98 Å². The second-order valence-corrected chi connectivity index (χ2v) is 5.05. The average molecular weight is 335 g/mol. The lowest BCUT2D eigenvalue weighted by Crippen LogP contribution is -2.24. The zero-order valence-corrected chi connectivity index (χ0v) is 12.7. The van der Waals surface area contributed by atoms with Gasteiger partial charge in [-0.2, -0.15) is 18.2 Å². The molecule has 0 amide bonds. The minimum atomic E-state index is -4.62. The van der Waals surface area contributed by atoms with Gasteiger partial charge in [0.15, 0.2) is 5.65 Å². The minimum absolute atomic E-state index is 0.139. The van der Waals surface area contributed by atoms with Crippen LogP contribution >= 0.6 is 0 Å². The Morgan fingerprint density at radius 1 is 1.12 bits per heavy atom. The van der Waals surface area contributed by atoms with Crippen LogP contribution in [0.15, 0.2) is 35.3 Å². The van der Waals surface area contributed by atoms with Crippen LogP contribution in [0.5, 0.6) is 0 Å². The van der Waals surface area contributed by atoms with E-state index in [-0.39, 0.29) is 17.2 Å². The van der Waals surface area contributed by atoms with Crippen LogP contribution in [0.4, 0.5) is 19.0 Å². The maximum atomic E-state index is 13.0. The molecule has 0 aliphatic rings. The number of nitrogens with one attached hydrogen (secondary N) is 1. The molecule has 0 atom stereocenters. The van der Waals surface area contributed by atoms with Crippen LogP contribution in [0.1, 0.15) is 11.4 Å². The molecule has 9 heteroatoms. The minimum Gasteiger partial charge on any atom is -0.372 e. The zero-order valence-electron chi connectivity index (χ0n) is 12.7. The Bertz CT molecular complexity index is 964. The zero-order chi connectivity index (χ0) is 17.5. The van der Waals surface area contributed by atoms with Crippen molar-refractivity contribution in [3.63, 3.8) is 0 Å². The summed E-state index contributed by atoms with van der Waals surface area (Å²) < 4.78 is 40.0. The number of nitrogens with zero attached hydrogens (tertiary/aromatic N) is 4. The predicted molar refractivity (Wildman–Crippen MR) is 82.2 cm³/mol. The fourth-order valence-electron chi connectivity index (χ4n) is 2.27. The first-order chi connectivity index (χ1) is 11.3. The Labute approximate surface area is 134 Å². The van der Waals surface area contributed by atoms with E-state index in [2.05, 4.69) is 20.3 Å². The summed E-state index contributed by atoms with van der Waals surface area (Å²) in [7, 11) is 1.52. The molecule has 3 heterocycles. The number of rotatable bonds is 2. The van der Waals surface area contributed by atoms with Gasteiger partial charge >= 0.3 is 11.9 Å². The number of aryl methyl sites for hydroxylation is 1. The van der Waals surface area contributed by atoms with Crippen molar-refractivity contribution in [1.29, 1.82) is 0 Å². The second-order valence-electron chi connectivity index (χ2n) is 5.05. The van der Waals surface area contributed by atoms with Gasteiger partial charge < -0.3 is 5.32 Å². The fraction of sp³-hybridized carbons (Fsp3) is 0.200. The van der Waals surface area contributed by atoms with Gasteiger partial charge in [0.1, 0.15) is 11.5 Å². The standard InChI is InChI=1S/C15H12F3N5O/c1-8-3-4-9(7-20-8)23-13-10(12(19-2)22-14(23)24)5-6-11(21-13)15(16,17)18/h3-7H,1-2H3,(H,19,22,24). The van der Waals surface area contributed by atoms with Crippen LogP contribution in [0.3, 0.4) is 0 Å². The molecule has 24 heavy (non-hydrogen) atoms. The smallest absolute Gasteiger partial charge is 0.372 e. The summed E-state index contributed by atoms with van der Waals surface area (Å²) in [5.74, 6) is 0.160. The molecule has 0 fully saturated rings. The van der Waals surface area contributed by atoms with Crippen molar-refractivity contribution in [2.45, 2.75) is 13.1 Å². The SMILES string of the molecule is CNc1nc(=O)n(-c2ccc(C)nc2)c2nc(C(F)(F)F)ccc12. The topological polar surface area (TPSA) is 72.7 Å². The number of hydrogen-bond donors (Lipinski definition) is 1. The van der Waals surface area contributed by atoms with Crippen LogP contribution < -0.4 is 11.0 Å². The van der Waals surface area contributed by atoms with Crippen molar-refractivity contribution in [3.8, 4) is 5.69 Å². The van der Waals surface area contributed by atoms with Gasteiger partial charge in [0.25, 0.3) is 0 Å². The third-order valence-electron chi connectivity index (χ3n) is 3.42. The van der Waals surface area contributed by atoms with Gasteiger partial charge in [-0.1, -0.05) is 0 Å². The molecule has 3 rings (SSSR count). The lowest BCUT2D eigenvalue weighted by Gasteiger charge is -2.13. The highest BCUT2D eigenvalue weighted by molar-refractivity contribution is 5.87. The summed E-state index contributed by atoms with van der Waals surface area (Å²) in [4.78, 5) is 23.9. The Balaban J connectivity index is 2.40. The third kappa shape index (κ3) is 2.68. The van der Waals surface area contributed by atoms with Gasteiger partial charge in [0.05, 0.1) is 17.3 Å². The summed E-state index contributed by atoms with van der Waals surface area (Å²) in [5.41, 5.74) is -0.974. The summed E-state index contributed by atoms with van der Waals surface area (Å²) in [6.07, 6.45) is -3.23. The fourth-order valence-corrected chi connectivity index (χ4v) is 2.27. The first-order valence-electron chi connectivity index (χ1n) is 6.93. The van der Waals surface area contributed by atoms with Gasteiger partial charge in [0.2, 0.25) is 0 Å². The first kappa shape index (κ1) is 15.9. The molecular weight excluding hydrogens is 323 g/mol. The molecular formula is C15H12F3N5O. The monoisotopic (exact) mass is 335 g/mol. The predicted octanol–water partition coefficient (Wildman–Crippen LogP) is 2.54. The number of pyridine rings is 2. The van der Waals surface area contributed by atoms with Crippen LogP contribution in [-0.2, 0) is 6.18 Å². The van der Waals surface area contributed by atoms with Crippen LogP contribution in [0.25, 0.3) is 16.7 Å². The Kier molecular flexibility index (Phi) is 3.70. The molecule has 0 aliphatic carbocycles. The Morgan fingerprint density at radius 2 is 1.88 bits per heavy atom. The molecule has 0 saturated heterocycles. The van der Waals surface area contributed by atoms with Crippen molar-refractivity contribution >= 4 is 16.9 Å². The van der Waals surface area contributed by atoms with E-state index in [1.54, 1.807) is 19.1 Å². The number of aromatic nitrogens is 4. The normalized spacial score (nSPS) is 11.7. The number of halogens is 3. The van der Waals surface area contributed by atoms with Crippen molar-refractivity contribution in [2.75, 3.05) is 12.4 Å². The number of fused-ring (bicyclic) bond motifs is 1. The van der Waals surface area contributed by atoms with Gasteiger partial charge in [-0.05, 0) is 31.2 Å². The van der Waals surface area contributed by atoms with Crippen molar-refractivity contribution in [1.82, 2.24) is 19.5 Å². The van der Waals surface area contributed by atoms with E-state index in [0.29, 0.717) is 11.1 Å². The maximum Gasteiger partial charge on any atom is 0.433 e. The molecule has 6 nitrogen and oxygen atoms in total. The van der Waals surface area contributed by atoms with E-state index in [4.69, 9.17) is 0 Å². The molecule has 0 unspecified atom stereocenters. The highest BCUT2D eigenvalue weighted by atomic mass is 19.4. The van der Waals surface area contributed by atoms with E-state index < -0.39 is 17.6 Å². The molecule has 0 spiro atoms. The summed E-state index contributed by atoms with van der Waals surface area (Å²) in [5, 5.41) is 2.99. The van der Waals surface area contributed by atoms with Crippen LogP contribution in [-0.4, -0.2) is 26.6 Å². The number of alkyl halides is 3. The molecule has 3 aromatic heterocycles. The number of hydrogen-bond acceptors (Lipinski definition) is 5. The molecule has 3 aromatic rings. The third-order valence-corrected chi connectivity index (χ3v) is 3.42. The molecule has 0 bridgehead atoms. The summed E-state index contributed by atoms with van der Waals surface area (Å²) in [6, 6.07) is 5.31. The summed E-state index contributed by atoms with van der Waals surface area (Å²) in [6.45, 7) is 1.76. The molecule has 0 aromatic carbocycles. The van der Waals surface area contributed by atoms with Gasteiger partial charge in [-0.15, -0.1) is 0 Å². The molecule has 0 saturated carbocycles. The number of anilines is 1. The molecule has 0 aliphatic heterocycles. The maximum absolute atomic E-state index is 13.0. The van der Waals surface area contributed by atoms with E-state index in [1.165, 1.54) is 19.3 Å². The quantitative estimate of drug-likeness (QED) is 0.779. The van der Waals surface area contributed by atoms with Crippen molar-refractivity contribution < 1.29 is 13.2 Å².